The summed E-state index contributed by atoms with van der Waals surface area (Å²) in [6, 6.07) is 10.5. The van der Waals surface area contributed by atoms with Crippen LogP contribution in [-0.4, -0.2) is 4.87 Å². The van der Waals surface area contributed by atoms with E-state index >= 15 is 0 Å². The van der Waals surface area contributed by atoms with Gasteiger partial charge in [-0.3, -0.25) is 0 Å². The molecule has 1 aromatic rings. The summed E-state index contributed by atoms with van der Waals surface area (Å²) in [5.74, 6) is 0.564. The zero-order valence-electron chi connectivity index (χ0n) is 10.7. The second-order valence-corrected chi connectivity index (χ2v) is 5.85. The molecule has 0 aliphatic carbocycles. The molecule has 0 amide bonds. The lowest BCUT2D eigenvalue weighted by Crippen LogP contribution is -2.29. The molecule has 0 aromatic heterocycles. The minimum atomic E-state index is -0.115. The van der Waals surface area contributed by atoms with E-state index in [1.807, 2.05) is 0 Å². The number of hydrogen-bond acceptors (Lipinski definition) is 0. The van der Waals surface area contributed by atoms with Gasteiger partial charge in [-0.2, -0.15) is 0 Å². The van der Waals surface area contributed by atoms with Crippen LogP contribution in [0.4, 0.5) is 0 Å². The average molecular weight is 239 g/mol. The third kappa shape index (κ3) is 4.17. The second-order valence-electron chi connectivity index (χ2n) is 4.98. The summed E-state index contributed by atoms with van der Waals surface area (Å²) in [6.07, 6.45) is 4.71. The molecule has 0 saturated heterocycles. The van der Waals surface area contributed by atoms with Crippen molar-refractivity contribution >= 4 is 11.6 Å². The molecule has 0 aliphatic heterocycles. The summed E-state index contributed by atoms with van der Waals surface area (Å²) >= 11 is 6.66. The quantitative estimate of drug-likeness (QED) is 0.609. The second kappa shape index (κ2) is 6.30. The predicted molar refractivity (Wildman–Crippen MR) is 73.1 cm³/mol. The lowest BCUT2D eigenvalue weighted by atomic mass is 9.85. The standard InChI is InChI=1S/C15H23Cl/c1-4-5-9-13(2)15(3,16)12-14-10-7-6-8-11-14/h6-8,10-11,13H,4-5,9,12H2,1-3H3. The molecular formula is C15H23Cl. The van der Waals surface area contributed by atoms with Crippen LogP contribution in [0.2, 0.25) is 0 Å². The normalized spacial score (nSPS) is 16.8. The Kier molecular flexibility index (Phi) is 5.34. The fraction of sp³-hybridized carbons (Fsp3) is 0.600. The molecule has 0 heterocycles. The fourth-order valence-corrected chi connectivity index (χ4v) is 2.24. The van der Waals surface area contributed by atoms with Crippen LogP contribution in [0.5, 0.6) is 0 Å². The summed E-state index contributed by atoms with van der Waals surface area (Å²) in [6.45, 7) is 6.67. The van der Waals surface area contributed by atoms with Crippen LogP contribution in [0.3, 0.4) is 0 Å². The van der Waals surface area contributed by atoms with Gasteiger partial charge in [0, 0.05) is 4.87 Å². The average Bonchev–Trinajstić information content (AvgIpc) is 2.26. The molecule has 1 aromatic carbocycles. The smallest absolute Gasteiger partial charge is 0.0484 e. The van der Waals surface area contributed by atoms with Crippen LogP contribution in [0.25, 0.3) is 0 Å². The summed E-state index contributed by atoms with van der Waals surface area (Å²) in [4.78, 5) is -0.115. The minimum Gasteiger partial charge on any atom is -0.119 e. The van der Waals surface area contributed by atoms with E-state index in [9.17, 15) is 0 Å². The number of benzene rings is 1. The predicted octanol–water partition coefficient (Wildman–Crippen LogP) is 5.05. The van der Waals surface area contributed by atoms with Crippen LogP contribution in [0.1, 0.15) is 45.6 Å². The van der Waals surface area contributed by atoms with E-state index in [4.69, 9.17) is 11.6 Å². The molecule has 0 N–H and O–H groups in total. The van der Waals surface area contributed by atoms with Crippen LogP contribution >= 0.6 is 11.6 Å². The maximum absolute atomic E-state index is 6.66. The van der Waals surface area contributed by atoms with E-state index in [1.165, 1.54) is 24.8 Å². The van der Waals surface area contributed by atoms with Crippen molar-refractivity contribution in [2.75, 3.05) is 0 Å². The van der Waals surface area contributed by atoms with Gasteiger partial charge in [0.15, 0.2) is 0 Å². The van der Waals surface area contributed by atoms with Gasteiger partial charge in [-0.15, -0.1) is 11.6 Å². The van der Waals surface area contributed by atoms with Crippen molar-refractivity contribution in [2.45, 2.75) is 51.3 Å². The van der Waals surface area contributed by atoms with Crippen molar-refractivity contribution < 1.29 is 0 Å². The van der Waals surface area contributed by atoms with E-state index in [1.54, 1.807) is 0 Å². The molecule has 0 bridgehead atoms. The van der Waals surface area contributed by atoms with E-state index < -0.39 is 0 Å². The summed E-state index contributed by atoms with van der Waals surface area (Å²) in [7, 11) is 0. The molecule has 16 heavy (non-hydrogen) atoms. The highest BCUT2D eigenvalue weighted by Gasteiger charge is 2.28. The van der Waals surface area contributed by atoms with Gasteiger partial charge in [-0.1, -0.05) is 57.0 Å². The number of unbranched alkanes of at least 4 members (excludes halogenated alkanes) is 1. The Balaban J connectivity index is 2.56. The molecule has 0 saturated carbocycles. The van der Waals surface area contributed by atoms with Crippen LogP contribution in [0, 0.1) is 5.92 Å². The monoisotopic (exact) mass is 238 g/mol. The van der Waals surface area contributed by atoms with E-state index in [0.717, 1.165) is 6.42 Å². The molecule has 2 unspecified atom stereocenters. The molecule has 1 rings (SSSR count). The van der Waals surface area contributed by atoms with Crippen LogP contribution < -0.4 is 0 Å². The maximum Gasteiger partial charge on any atom is 0.0484 e. The van der Waals surface area contributed by atoms with Gasteiger partial charge in [0.05, 0.1) is 0 Å². The van der Waals surface area contributed by atoms with Gasteiger partial charge < -0.3 is 0 Å². The molecule has 90 valence electrons. The zero-order valence-corrected chi connectivity index (χ0v) is 11.4. The first-order valence-corrected chi connectivity index (χ1v) is 6.67. The van der Waals surface area contributed by atoms with Gasteiger partial charge in [-0.05, 0) is 31.2 Å². The van der Waals surface area contributed by atoms with Gasteiger partial charge in [0.25, 0.3) is 0 Å². The molecular weight excluding hydrogens is 216 g/mol. The molecule has 1 heteroatoms. The van der Waals surface area contributed by atoms with E-state index in [0.29, 0.717) is 5.92 Å². The van der Waals surface area contributed by atoms with Crippen molar-refractivity contribution in [1.29, 1.82) is 0 Å². The first kappa shape index (κ1) is 13.6. The van der Waals surface area contributed by atoms with Gasteiger partial charge >= 0.3 is 0 Å². The first-order valence-electron chi connectivity index (χ1n) is 6.29. The fourth-order valence-electron chi connectivity index (χ4n) is 1.98. The zero-order chi connectivity index (χ0) is 12.0. The number of hydrogen-bond donors (Lipinski definition) is 0. The van der Waals surface area contributed by atoms with Crippen LogP contribution in [-0.2, 0) is 6.42 Å². The van der Waals surface area contributed by atoms with Gasteiger partial charge in [0.1, 0.15) is 0 Å². The molecule has 0 spiro atoms. The molecule has 0 nitrogen and oxygen atoms in total. The Labute approximate surface area is 105 Å². The molecule has 0 aliphatic rings. The third-order valence-electron chi connectivity index (χ3n) is 3.41. The summed E-state index contributed by atoms with van der Waals surface area (Å²) in [5.41, 5.74) is 1.34. The Morgan fingerprint density at radius 3 is 2.44 bits per heavy atom. The van der Waals surface area contributed by atoms with Gasteiger partial charge in [-0.25, -0.2) is 0 Å². The number of alkyl halides is 1. The highest BCUT2D eigenvalue weighted by molar-refractivity contribution is 6.24. The molecule has 0 fully saturated rings. The molecule has 0 radical (unpaired) electrons. The summed E-state index contributed by atoms with van der Waals surface area (Å²) < 4.78 is 0. The largest absolute Gasteiger partial charge is 0.119 e. The van der Waals surface area contributed by atoms with Crippen LogP contribution in [0.15, 0.2) is 30.3 Å². The van der Waals surface area contributed by atoms with Crippen molar-refractivity contribution in [3.8, 4) is 0 Å². The third-order valence-corrected chi connectivity index (χ3v) is 3.92. The minimum absolute atomic E-state index is 0.115. The summed E-state index contributed by atoms with van der Waals surface area (Å²) in [5, 5.41) is 0. The Bertz CT molecular complexity index is 290. The highest BCUT2D eigenvalue weighted by Crippen LogP contribution is 2.32. The Hall–Kier alpha value is -0.490. The van der Waals surface area contributed by atoms with Crippen molar-refractivity contribution in [3.05, 3.63) is 35.9 Å². The van der Waals surface area contributed by atoms with Gasteiger partial charge in [0.2, 0.25) is 0 Å². The number of halogens is 1. The Morgan fingerprint density at radius 2 is 1.88 bits per heavy atom. The van der Waals surface area contributed by atoms with Crippen molar-refractivity contribution in [3.63, 3.8) is 0 Å². The molecule has 2 atom stereocenters. The van der Waals surface area contributed by atoms with Crippen molar-refractivity contribution in [1.82, 2.24) is 0 Å². The first-order chi connectivity index (χ1) is 7.56. The Morgan fingerprint density at radius 1 is 1.25 bits per heavy atom. The maximum atomic E-state index is 6.66. The lowest BCUT2D eigenvalue weighted by Gasteiger charge is -2.29. The topological polar surface area (TPSA) is 0 Å². The lowest BCUT2D eigenvalue weighted by molar-refractivity contribution is 0.383. The van der Waals surface area contributed by atoms with Crippen molar-refractivity contribution in [2.24, 2.45) is 5.92 Å². The number of rotatable bonds is 6. The highest BCUT2D eigenvalue weighted by atomic mass is 35.5. The van der Waals surface area contributed by atoms with E-state index in [-0.39, 0.29) is 4.87 Å². The SMILES string of the molecule is CCCCC(C)C(C)(Cl)Cc1ccccc1. The van der Waals surface area contributed by atoms with E-state index in [2.05, 4.69) is 51.1 Å².